The molecule has 8 aromatic carbocycles. The third-order valence-electron chi connectivity index (χ3n) is 11.9. The van der Waals surface area contributed by atoms with Crippen LogP contribution >= 0.6 is 0 Å². The Labute approximate surface area is 320 Å². The fourth-order valence-electron chi connectivity index (χ4n) is 9.04. The van der Waals surface area contributed by atoms with Crippen molar-refractivity contribution in [3.05, 3.63) is 174 Å². The van der Waals surface area contributed by atoms with Gasteiger partial charge in [0.2, 0.25) is 0 Å². The monoisotopic (exact) mass is 699 g/mol. The van der Waals surface area contributed by atoms with Crippen LogP contribution in [0.25, 0.3) is 54.6 Å². The molecule has 0 N–H and O–H groups in total. The lowest BCUT2D eigenvalue weighted by molar-refractivity contribution is 0.545. The number of hydrogen-bond donors (Lipinski definition) is 0. The van der Waals surface area contributed by atoms with Gasteiger partial charge in [0.1, 0.15) is 0 Å². The molecular formula is C53H49N. The van der Waals surface area contributed by atoms with Crippen molar-refractivity contribution >= 4 is 49.4 Å². The average molecular weight is 700 g/mol. The molecule has 1 aliphatic carbocycles. The second kappa shape index (κ2) is 12.2. The van der Waals surface area contributed by atoms with Crippen LogP contribution in [0, 0.1) is 0 Å². The van der Waals surface area contributed by atoms with E-state index in [1.807, 2.05) is 0 Å². The molecule has 1 aliphatic rings. The molecule has 0 saturated heterocycles. The molecule has 266 valence electrons. The Bertz CT molecular complexity index is 2700. The number of benzene rings is 8. The number of anilines is 3. The van der Waals surface area contributed by atoms with E-state index in [9.17, 15) is 0 Å². The third-order valence-corrected chi connectivity index (χ3v) is 11.9. The fraction of sp³-hybridized carbons (Fsp3) is 0.208. The van der Waals surface area contributed by atoms with Crippen molar-refractivity contribution in [3.8, 4) is 22.3 Å². The molecule has 9 rings (SSSR count). The highest BCUT2D eigenvalue weighted by atomic mass is 15.1. The molecule has 0 radical (unpaired) electrons. The molecule has 0 bridgehead atoms. The Balaban J connectivity index is 1.29. The van der Waals surface area contributed by atoms with E-state index in [-0.39, 0.29) is 16.2 Å². The van der Waals surface area contributed by atoms with Gasteiger partial charge in [0.15, 0.2) is 0 Å². The van der Waals surface area contributed by atoms with Crippen LogP contribution in [0.3, 0.4) is 0 Å². The summed E-state index contributed by atoms with van der Waals surface area (Å²) in [6.45, 7) is 19.0. The molecule has 1 heteroatoms. The first-order valence-electron chi connectivity index (χ1n) is 19.4. The lowest BCUT2D eigenvalue weighted by atomic mass is 9.71. The lowest BCUT2D eigenvalue weighted by Gasteiger charge is -2.32. The average Bonchev–Trinajstić information content (AvgIpc) is 3.40. The van der Waals surface area contributed by atoms with Crippen molar-refractivity contribution in [1.29, 1.82) is 0 Å². The van der Waals surface area contributed by atoms with Gasteiger partial charge >= 0.3 is 0 Å². The van der Waals surface area contributed by atoms with E-state index in [0.29, 0.717) is 0 Å². The van der Waals surface area contributed by atoms with Crippen LogP contribution in [-0.2, 0) is 16.2 Å². The van der Waals surface area contributed by atoms with Gasteiger partial charge in [-0.1, -0.05) is 171 Å². The molecule has 8 aromatic rings. The number of rotatable bonds is 4. The summed E-state index contributed by atoms with van der Waals surface area (Å²) in [7, 11) is 0. The zero-order valence-electron chi connectivity index (χ0n) is 32.9. The molecular weight excluding hydrogens is 651 g/mol. The molecule has 0 spiro atoms. The van der Waals surface area contributed by atoms with E-state index in [0.717, 1.165) is 17.1 Å². The standard InChI is InChI=1S/C53H49N/c1-51(2,3)36-30-47-46-33-39(27-29-48(46)53(7,8)50(47)49(31-36)52(4,5)6)54(37-24-22-35(23-25-37)34-16-10-9-11-17-34)38-26-28-44-42-20-13-12-18-40(42)41-19-14-15-21-43(41)45(44)32-38/h9-33H,1-8H3. The van der Waals surface area contributed by atoms with Crippen LogP contribution in [0.5, 0.6) is 0 Å². The van der Waals surface area contributed by atoms with Crippen molar-refractivity contribution < 1.29 is 0 Å². The molecule has 0 unspecified atom stereocenters. The first-order valence-corrected chi connectivity index (χ1v) is 19.4. The number of fused-ring (bicyclic) bond motifs is 9. The van der Waals surface area contributed by atoms with Crippen LogP contribution in [-0.4, -0.2) is 0 Å². The Morgan fingerprint density at radius 3 is 1.50 bits per heavy atom. The number of hydrogen-bond acceptors (Lipinski definition) is 1. The second-order valence-corrected chi connectivity index (χ2v) is 17.9. The zero-order chi connectivity index (χ0) is 37.6. The normalized spacial score (nSPS) is 13.7. The van der Waals surface area contributed by atoms with Gasteiger partial charge in [-0.15, -0.1) is 0 Å². The SMILES string of the molecule is CC(C)(C)c1cc2c(c(C(C)(C)C)c1)C(C)(C)c1ccc(N(c3ccc(-c4ccccc4)cc3)c3ccc4c5ccccc5c5ccccc5c4c3)cc1-2. The zero-order valence-corrected chi connectivity index (χ0v) is 32.9. The molecule has 1 nitrogen and oxygen atoms in total. The second-order valence-electron chi connectivity index (χ2n) is 17.9. The molecule has 0 heterocycles. The molecule has 0 amide bonds. The Kier molecular flexibility index (Phi) is 7.70. The molecule has 0 fully saturated rings. The van der Waals surface area contributed by atoms with E-state index in [4.69, 9.17) is 0 Å². The summed E-state index contributed by atoms with van der Waals surface area (Å²) in [5.74, 6) is 0. The summed E-state index contributed by atoms with van der Waals surface area (Å²) in [5.41, 5.74) is 14.2. The smallest absolute Gasteiger partial charge is 0.0468 e. The topological polar surface area (TPSA) is 3.24 Å². The fourth-order valence-corrected chi connectivity index (χ4v) is 9.04. The van der Waals surface area contributed by atoms with Crippen molar-refractivity contribution in [2.24, 2.45) is 0 Å². The minimum Gasteiger partial charge on any atom is -0.310 e. The van der Waals surface area contributed by atoms with Crippen molar-refractivity contribution in [1.82, 2.24) is 0 Å². The first kappa shape index (κ1) is 34.1. The molecule has 0 saturated carbocycles. The van der Waals surface area contributed by atoms with E-state index in [2.05, 4.69) is 212 Å². The first-order chi connectivity index (χ1) is 25.8. The van der Waals surface area contributed by atoms with Crippen molar-refractivity contribution in [2.75, 3.05) is 4.90 Å². The predicted octanol–water partition coefficient (Wildman–Crippen LogP) is 15.2. The summed E-state index contributed by atoms with van der Waals surface area (Å²) in [5, 5.41) is 7.70. The van der Waals surface area contributed by atoms with Gasteiger partial charge in [0.05, 0.1) is 0 Å². The highest BCUT2D eigenvalue weighted by molar-refractivity contribution is 6.25. The number of nitrogens with zero attached hydrogens (tertiary/aromatic N) is 1. The predicted molar refractivity (Wildman–Crippen MR) is 234 cm³/mol. The lowest BCUT2D eigenvalue weighted by Crippen LogP contribution is -2.24. The van der Waals surface area contributed by atoms with Gasteiger partial charge in [0.25, 0.3) is 0 Å². The van der Waals surface area contributed by atoms with Crippen LogP contribution < -0.4 is 4.90 Å². The summed E-state index contributed by atoms with van der Waals surface area (Å²) in [6, 6.07) is 56.7. The molecule has 0 aromatic heterocycles. The Morgan fingerprint density at radius 2 is 0.907 bits per heavy atom. The Morgan fingerprint density at radius 1 is 0.407 bits per heavy atom. The summed E-state index contributed by atoms with van der Waals surface area (Å²) < 4.78 is 0. The van der Waals surface area contributed by atoms with E-state index in [1.54, 1.807) is 0 Å². The highest BCUT2D eigenvalue weighted by Crippen LogP contribution is 2.55. The Hall–Kier alpha value is -5.66. The van der Waals surface area contributed by atoms with Crippen LogP contribution in [0.2, 0.25) is 0 Å². The van der Waals surface area contributed by atoms with Gasteiger partial charge in [-0.05, 0) is 124 Å². The summed E-state index contributed by atoms with van der Waals surface area (Å²) in [6.07, 6.45) is 0. The van der Waals surface area contributed by atoms with Gasteiger partial charge in [0, 0.05) is 22.5 Å². The van der Waals surface area contributed by atoms with Crippen molar-refractivity contribution in [3.63, 3.8) is 0 Å². The third kappa shape index (κ3) is 5.44. The van der Waals surface area contributed by atoms with Gasteiger partial charge in [-0.25, -0.2) is 0 Å². The van der Waals surface area contributed by atoms with Crippen molar-refractivity contribution in [2.45, 2.75) is 71.6 Å². The molecule has 54 heavy (non-hydrogen) atoms. The van der Waals surface area contributed by atoms with E-state index >= 15 is 0 Å². The maximum Gasteiger partial charge on any atom is 0.0468 e. The minimum absolute atomic E-state index is 0.0120. The largest absolute Gasteiger partial charge is 0.310 e. The minimum atomic E-state index is -0.118. The van der Waals surface area contributed by atoms with Crippen LogP contribution in [0.15, 0.2) is 152 Å². The highest BCUT2D eigenvalue weighted by Gasteiger charge is 2.41. The quantitative estimate of drug-likeness (QED) is 0.165. The van der Waals surface area contributed by atoms with E-state index < -0.39 is 0 Å². The van der Waals surface area contributed by atoms with Gasteiger partial charge in [-0.2, -0.15) is 0 Å². The van der Waals surface area contributed by atoms with E-state index in [1.165, 1.54) is 76.8 Å². The van der Waals surface area contributed by atoms with Crippen LogP contribution in [0.1, 0.15) is 77.6 Å². The summed E-state index contributed by atoms with van der Waals surface area (Å²) in [4.78, 5) is 2.46. The van der Waals surface area contributed by atoms with Gasteiger partial charge < -0.3 is 4.90 Å². The van der Waals surface area contributed by atoms with Crippen LogP contribution in [0.4, 0.5) is 17.1 Å². The molecule has 0 aliphatic heterocycles. The van der Waals surface area contributed by atoms with Gasteiger partial charge in [-0.3, -0.25) is 0 Å². The maximum atomic E-state index is 2.50. The maximum absolute atomic E-state index is 2.50. The summed E-state index contributed by atoms with van der Waals surface area (Å²) >= 11 is 0. The molecule has 0 atom stereocenters.